The van der Waals surface area contributed by atoms with E-state index in [0.717, 1.165) is 12.3 Å². The lowest BCUT2D eigenvalue weighted by molar-refractivity contribution is 0.0140. The van der Waals surface area contributed by atoms with Crippen molar-refractivity contribution in [1.82, 2.24) is 0 Å². The van der Waals surface area contributed by atoms with Crippen LogP contribution in [0.2, 0.25) is 0 Å². The quantitative estimate of drug-likeness (QED) is 0.483. The van der Waals surface area contributed by atoms with Crippen LogP contribution in [0.5, 0.6) is 0 Å². The van der Waals surface area contributed by atoms with Crippen LogP contribution in [0.15, 0.2) is 0 Å². The summed E-state index contributed by atoms with van der Waals surface area (Å²) in [6.45, 7) is 7.78. The Morgan fingerprint density at radius 3 is 1.87 bits per heavy atom. The van der Waals surface area contributed by atoms with Crippen LogP contribution in [0.25, 0.3) is 0 Å². The summed E-state index contributed by atoms with van der Waals surface area (Å²) in [5.74, 6) is 1.11. The Morgan fingerprint density at radius 2 is 1.40 bits per heavy atom. The highest BCUT2D eigenvalue weighted by Gasteiger charge is 2.24. The van der Waals surface area contributed by atoms with Crippen molar-refractivity contribution < 1.29 is 5.11 Å². The van der Waals surface area contributed by atoms with Gasteiger partial charge in [0.05, 0.1) is 0 Å². The second-order valence-electron chi connectivity index (χ2n) is 5.16. The van der Waals surface area contributed by atoms with Gasteiger partial charge < -0.3 is 0 Å². The number of hydrogen-bond donors (Lipinski definition) is 0. The molecule has 0 aromatic carbocycles. The molecule has 0 aliphatic carbocycles. The highest BCUT2D eigenvalue weighted by molar-refractivity contribution is 4.98. The van der Waals surface area contributed by atoms with Crippen molar-refractivity contribution in [3.05, 3.63) is 5.92 Å². The second-order valence-corrected chi connectivity index (χ2v) is 5.16. The maximum atomic E-state index is 11.6. The van der Waals surface area contributed by atoms with E-state index in [9.17, 15) is 5.11 Å². The van der Waals surface area contributed by atoms with Crippen LogP contribution in [0.3, 0.4) is 0 Å². The fourth-order valence-electron chi connectivity index (χ4n) is 1.65. The van der Waals surface area contributed by atoms with Crippen LogP contribution >= 0.6 is 0 Å². The maximum absolute atomic E-state index is 11.6. The zero-order valence-corrected chi connectivity index (χ0v) is 11.1. The van der Waals surface area contributed by atoms with Crippen molar-refractivity contribution in [3.63, 3.8) is 0 Å². The van der Waals surface area contributed by atoms with Crippen molar-refractivity contribution in [3.8, 4) is 0 Å². The van der Waals surface area contributed by atoms with Crippen LogP contribution in [0, 0.1) is 5.92 Å². The molecule has 0 fully saturated rings. The van der Waals surface area contributed by atoms with Crippen LogP contribution in [0.4, 0.5) is 0 Å². The molecule has 15 heavy (non-hydrogen) atoms. The summed E-state index contributed by atoms with van der Waals surface area (Å²) in [4.78, 5) is 0. The third-order valence-corrected chi connectivity index (χ3v) is 3.18. The van der Waals surface area contributed by atoms with E-state index in [1.807, 2.05) is 6.92 Å². The summed E-state index contributed by atoms with van der Waals surface area (Å²) >= 11 is 0. The molecule has 0 saturated heterocycles. The number of hydrogen-bond acceptors (Lipinski definition) is 0. The Hall–Kier alpha value is -0.0400. The topological polar surface area (TPSA) is 19.9 Å². The second kappa shape index (κ2) is 8.15. The summed E-state index contributed by atoms with van der Waals surface area (Å²) in [6, 6.07) is 0. The maximum Gasteiger partial charge on any atom is 0.104 e. The molecule has 0 aromatic rings. The van der Waals surface area contributed by atoms with Crippen molar-refractivity contribution in [2.45, 2.75) is 84.7 Å². The molecule has 0 amide bonds. The van der Waals surface area contributed by atoms with Gasteiger partial charge in [-0.25, -0.2) is 5.11 Å². The molecule has 0 aliphatic heterocycles. The first-order chi connectivity index (χ1) is 6.98. The van der Waals surface area contributed by atoms with Crippen LogP contribution in [-0.4, -0.2) is 5.60 Å². The molecule has 1 nitrogen and oxygen atoms in total. The van der Waals surface area contributed by atoms with E-state index in [-0.39, 0.29) is 0 Å². The normalized spacial score (nSPS) is 12.4. The number of rotatable bonds is 9. The molecule has 2 radical (unpaired) electrons. The van der Waals surface area contributed by atoms with E-state index < -0.39 is 5.60 Å². The van der Waals surface area contributed by atoms with Crippen molar-refractivity contribution in [1.29, 1.82) is 0 Å². The first kappa shape index (κ1) is 15.0. The van der Waals surface area contributed by atoms with Crippen molar-refractivity contribution >= 4 is 0 Å². The Balaban J connectivity index is 3.24. The first-order valence-corrected chi connectivity index (χ1v) is 6.51. The lowest BCUT2D eigenvalue weighted by Gasteiger charge is -2.22. The van der Waals surface area contributed by atoms with Crippen LogP contribution in [-0.2, 0) is 5.11 Å². The minimum atomic E-state index is -0.831. The van der Waals surface area contributed by atoms with Gasteiger partial charge in [-0.15, -0.1) is 0 Å². The van der Waals surface area contributed by atoms with Gasteiger partial charge in [0.15, 0.2) is 0 Å². The lowest BCUT2D eigenvalue weighted by atomic mass is 9.88. The van der Waals surface area contributed by atoms with Gasteiger partial charge in [-0.1, -0.05) is 58.8 Å². The molecule has 0 atom stereocenters. The Bertz CT molecular complexity index is 135. The zero-order valence-electron chi connectivity index (χ0n) is 11.1. The molecule has 0 saturated carbocycles. The van der Waals surface area contributed by atoms with Gasteiger partial charge in [0.2, 0.25) is 0 Å². The molecule has 0 N–H and O–H groups in total. The fourth-order valence-corrected chi connectivity index (χ4v) is 1.65. The molecule has 0 spiro atoms. The van der Waals surface area contributed by atoms with Gasteiger partial charge in [0, 0.05) is 5.92 Å². The summed E-state index contributed by atoms with van der Waals surface area (Å²) in [5.41, 5.74) is -0.831. The van der Waals surface area contributed by atoms with Gasteiger partial charge in [-0.3, -0.25) is 0 Å². The van der Waals surface area contributed by atoms with E-state index in [2.05, 4.69) is 6.92 Å². The predicted molar refractivity (Wildman–Crippen MR) is 66.3 cm³/mol. The molecule has 0 aliphatic rings. The van der Waals surface area contributed by atoms with Crippen molar-refractivity contribution in [2.24, 2.45) is 0 Å². The van der Waals surface area contributed by atoms with E-state index >= 15 is 0 Å². The molecular formula is C14H28O. The third-order valence-electron chi connectivity index (χ3n) is 3.18. The smallest absolute Gasteiger partial charge is 0.104 e. The highest BCUT2D eigenvalue weighted by Crippen LogP contribution is 2.24. The van der Waals surface area contributed by atoms with Gasteiger partial charge in [-0.05, 0) is 20.3 Å². The molecule has 0 aromatic heterocycles. The Labute approximate surface area is 96.3 Å². The summed E-state index contributed by atoms with van der Waals surface area (Å²) < 4.78 is 0. The van der Waals surface area contributed by atoms with Crippen LogP contribution in [0.1, 0.15) is 79.1 Å². The molecule has 0 heterocycles. The van der Waals surface area contributed by atoms with E-state index in [1.165, 1.54) is 44.9 Å². The van der Waals surface area contributed by atoms with E-state index in [0.29, 0.717) is 0 Å². The third kappa shape index (κ3) is 8.92. The largest absolute Gasteiger partial charge is 0.229 e. The van der Waals surface area contributed by atoms with Crippen LogP contribution < -0.4 is 0 Å². The molecule has 1 heteroatoms. The number of unbranched alkanes of at least 4 members (excludes halogenated alkanes) is 6. The first-order valence-electron chi connectivity index (χ1n) is 6.51. The highest BCUT2D eigenvalue weighted by atomic mass is 16.3. The molecule has 0 rings (SSSR count). The Kier molecular flexibility index (Phi) is 8.13. The minimum absolute atomic E-state index is 0.831. The minimum Gasteiger partial charge on any atom is -0.229 e. The van der Waals surface area contributed by atoms with Gasteiger partial charge in [0.25, 0.3) is 0 Å². The lowest BCUT2D eigenvalue weighted by Crippen LogP contribution is -2.24. The average Bonchev–Trinajstić information content (AvgIpc) is 2.14. The Morgan fingerprint density at radius 1 is 0.933 bits per heavy atom. The fraction of sp³-hybridized carbons (Fsp3) is 0.929. The molecule has 90 valence electrons. The van der Waals surface area contributed by atoms with Gasteiger partial charge in [-0.2, -0.15) is 0 Å². The molecule has 0 bridgehead atoms. The monoisotopic (exact) mass is 212 g/mol. The molecular weight excluding hydrogens is 184 g/mol. The zero-order chi connectivity index (χ0) is 11.7. The SMILES string of the molecule is CCCCCCCCC[C](C)C(C)(C)[O]. The van der Waals surface area contributed by atoms with E-state index in [4.69, 9.17) is 0 Å². The van der Waals surface area contributed by atoms with E-state index in [1.54, 1.807) is 13.8 Å². The summed E-state index contributed by atoms with van der Waals surface area (Å²) in [7, 11) is 0. The van der Waals surface area contributed by atoms with Gasteiger partial charge in [0.1, 0.15) is 5.60 Å². The molecule has 0 unspecified atom stereocenters. The predicted octanol–water partition coefficient (Wildman–Crippen LogP) is 4.93. The van der Waals surface area contributed by atoms with Gasteiger partial charge >= 0.3 is 0 Å². The summed E-state index contributed by atoms with van der Waals surface area (Å²) in [6.07, 6.45) is 10.3. The summed E-state index contributed by atoms with van der Waals surface area (Å²) in [5, 5.41) is 11.6. The standard InChI is InChI=1S/C14H28O/c1-5-6-7-8-9-10-11-12-13(2)14(3,4)15/h5-12H2,1-4H3. The van der Waals surface area contributed by atoms with Crippen molar-refractivity contribution in [2.75, 3.05) is 0 Å². The average molecular weight is 212 g/mol.